The lowest BCUT2D eigenvalue weighted by molar-refractivity contribution is 0.417. The highest BCUT2D eigenvalue weighted by Gasteiger charge is 2.05. The predicted molar refractivity (Wildman–Crippen MR) is 72.2 cm³/mol. The van der Waals surface area contributed by atoms with Crippen molar-refractivity contribution in [2.24, 2.45) is 0 Å². The van der Waals surface area contributed by atoms with Crippen molar-refractivity contribution in [3.63, 3.8) is 0 Å². The van der Waals surface area contributed by atoms with Crippen LogP contribution in [0.1, 0.15) is 11.1 Å². The molecule has 3 heteroatoms. The van der Waals surface area contributed by atoms with E-state index in [9.17, 15) is 0 Å². The van der Waals surface area contributed by atoms with Gasteiger partial charge in [0, 0.05) is 0 Å². The molecule has 18 heavy (non-hydrogen) atoms. The summed E-state index contributed by atoms with van der Waals surface area (Å²) >= 11 is 0. The molecule has 0 bridgehead atoms. The van der Waals surface area contributed by atoms with Gasteiger partial charge >= 0.3 is 0 Å². The van der Waals surface area contributed by atoms with E-state index >= 15 is 0 Å². The Morgan fingerprint density at radius 1 is 1.11 bits per heavy atom. The quantitative estimate of drug-likeness (QED) is 0.888. The zero-order valence-electron chi connectivity index (χ0n) is 10.4. The molecule has 0 saturated carbocycles. The van der Waals surface area contributed by atoms with Gasteiger partial charge in [-0.05, 0) is 36.8 Å². The van der Waals surface area contributed by atoms with E-state index in [0.29, 0.717) is 5.56 Å². The molecule has 0 spiro atoms. The van der Waals surface area contributed by atoms with Gasteiger partial charge in [0.2, 0.25) is 0 Å². The van der Waals surface area contributed by atoms with E-state index in [-0.39, 0.29) is 0 Å². The number of hydrogen-bond acceptors (Lipinski definition) is 3. The Hall–Kier alpha value is -2.47. The first kappa shape index (κ1) is 12.0. The molecule has 2 aromatic carbocycles. The van der Waals surface area contributed by atoms with Crippen LogP contribution < -0.4 is 10.1 Å². The maximum atomic E-state index is 9.13. The Labute approximate surface area is 107 Å². The predicted octanol–water partition coefficient (Wildman–Crippen LogP) is 3.62. The van der Waals surface area contributed by atoms with E-state index in [2.05, 4.69) is 11.4 Å². The second-order valence-corrected chi connectivity index (χ2v) is 3.99. The normalized spacial score (nSPS) is 9.61. The topological polar surface area (TPSA) is 45.0 Å². The first-order valence-electron chi connectivity index (χ1n) is 5.65. The molecule has 2 aromatic rings. The van der Waals surface area contributed by atoms with Gasteiger partial charge in [0.05, 0.1) is 24.0 Å². The molecule has 0 fully saturated rings. The van der Waals surface area contributed by atoms with Gasteiger partial charge in [-0.3, -0.25) is 0 Å². The number of para-hydroxylation sites is 2. The van der Waals surface area contributed by atoms with Gasteiger partial charge in [0.15, 0.2) is 0 Å². The molecular weight excluding hydrogens is 224 g/mol. The Bertz CT molecular complexity index is 600. The van der Waals surface area contributed by atoms with Crippen LogP contribution in [0.3, 0.4) is 0 Å². The minimum Gasteiger partial charge on any atom is -0.495 e. The number of hydrogen-bond donors (Lipinski definition) is 1. The maximum Gasteiger partial charge on any atom is 0.142 e. The number of ether oxygens (including phenoxy) is 1. The van der Waals surface area contributed by atoms with Crippen LogP contribution in [-0.2, 0) is 0 Å². The molecule has 90 valence electrons. The van der Waals surface area contributed by atoms with E-state index in [1.165, 1.54) is 0 Å². The highest BCUT2D eigenvalue weighted by atomic mass is 16.5. The SMILES string of the molecule is COc1ccccc1Nc1ccc(C)cc1C#N. The standard InChI is InChI=1S/C15H14N2O/c1-11-7-8-13(12(9-11)10-16)17-14-5-3-4-6-15(14)18-2/h3-9,17H,1-2H3. The van der Waals surface area contributed by atoms with Gasteiger partial charge in [0.25, 0.3) is 0 Å². The molecular formula is C15H14N2O. The van der Waals surface area contributed by atoms with Crippen LogP contribution in [-0.4, -0.2) is 7.11 Å². The lowest BCUT2D eigenvalue weighted by atomic mass is 10.1. The van der Waals surface area contributed by atoms with Crippen molar-refractivity contribution >= 4 is 11.4 Å². The Balaban J connectivity index is 2.37. The summed E-state index contributed by atoms with van der Waals surface area (Å²) in [6.45, 7) is 1.97. The minimum absolute atomic E-state index is 0.626. The summed E-state index contributed by atoms with van der Waals surface area (Å²) in [4.78, 5) is 0. The number of benzene rings is 2. The van der Waals surface area contributed by atoms with E-state index < -0.39 is 0 Å². The Morgan fingerprint density at radius 2 is 1.89 bits per heavy atom. The number of nitriles is 1. The van der Waals surface area contributed by atoms with Crippen LogP contribution in [0.5, 0.6) is 5.75 Å². The summed E-state index contributed by atoms with van der Waals surface area (Å²) in [7, 11) is 1.63. The number of methoxy groups -OCH3 is 1. The minimum atomic E-state index is 0.626. The third-order valence-corrected chi connectivity index (χ3v) is 2.67. The monoisotopic (exact) mass is 238 g/mol. The lowest BCUT2D eigenvalue weighted by Crippen LogP contribution is -1.96. The summed E-state index contributed by atoms with van der Waals surface area (Å²) < 4.78 is 5.27. The van der Waals surface area contributed by atoms with Gasteiger partial charge < -0.3 is 10.1 Å². The molecule has 3 nitrogen and oxygen atoms in total. The van der Waals surface area contributed by atoms with Crippen LogP contribution in [0.4, 0.5) is 11.4 Å². The summed E-state index contributed by atoms with van der Waals surface area (Å²) in [5, 5.41) is 12.3. The molecule has 0 unspecified atom stereocenters. The molecule has 0 saturated heterocycles. The molecule has 0 radical (unpaired) electrons. The number of nitrogens with one attached hydrogen (secondary N) is 1. The van der Waals surface area contributed by atoms with E-state index in [4.69, 9.17) is 10.00 Å². The average Bonchev–Trinajstić information content (AvgIpc) is 2.41. The van der Waals surface area contributed by atoms with Gasteiger partial charge in [0.1, 0.15) is 11.8 Å². The molecule has 0 heterocycles. The molecule has 1 N–H and O–H groups in total. The molecule has 0 aromatic heterocycles. The fraction of sp³-hybridized carbons (Fsp3) is 0.133. The molecule has 0 amide bonds. The van der Waals surface area contributed by atoms with Crippen molar-refractivity contribution in [1.82, 2.24) is 0 Å². The fourth-order valence-electron chi connectivity index (χ4n) is 1.75. The van der Waals surface area contributed by atoms with Crippen LogP contribution in [0.25, 0.3) is 0 Å². The number of aryl methyl sites for hydroxylation is 1. The molecule has 2 rings (SSSR count). The second-order valence-electron chi connectivity index (χ2n) is 3.99. The smallest absolute Gasteiger partial charge is 0.142 e. The van der Waals surface area contributed by atoms with Crippen molar-refractivity contribution in [2.45, 2.75) is 6.92 Å². The first-order chi connectivity index (χ1) is 8.74. The van der Waals surface area contributed by atoms with Crippen LogP contribution in [0.15, 0.2) is 42.5 Å². The van der Waals surface area contributed by atoms with Crippen LogP contribution >= 0.6 is 0 Å². The number of nitrogens with zero attached hydrogens (tertiary/aromatic N) is 1. The van der Waals surface area contributed by atoms with Crippen molar-refractivity contribution in [1.29, 1.82) is 5.26 Å². The van der Waals surface area contributed by atoms with Gasteiger partial charge in [-0.15, -0.1) is 0 Å². The van der Waals surface area contributed by atoms with Crippen LogP contribution in [0, 0.1) is 18.3 Å². The van der Waals surface area contributed by atoms with Crippen molar-refractivity contribution in [3.05, 3.63) is 53.6 Å². The lowest BCUT2D eigenvalue weighted by Gasteiger charge is -2.12. The third kappa shape index (κ3) is 2.44. The maximum absolute atomic E-state index is 9.13. The fourth-order valence-corrected chi connectivity index (χ4v) is 1.75. The van der Waals surface area contributed by atoms with E-state index in [1.807, 2.05) is 49.4 Å². The molecule has 0 aliphatic heterocycles. The van der Waals surface area contributed by atoms with E-state index in [1.54, 1.807) is 7.11 Å². The summed E-state index contributed by atoms with van der Waals surface area (Å²) in [6, 6.07) is 15.5. The number of rotatable bonds is 3. The van der Waals surface area contributed by atoms with Gasteiger partial charge in [-0.1, -0.05) is 18.2 Å². The molecule has 0 atom stereocenters. The Morgan fingerprint density at radius 3 is 2.61 bits per heavy atom. The largest absolute Gasteiger partial charge is 0.495 e. The van der Waals surface area contributed by atoms with Crippen LogP contribution in [0.2, 0.25) is 0 Å². The van der Waals surface area contributed by atoms with Gasteiger partial charge in [-0.2, -0.15) is 5.26 Å². The Kier molecular flexibility index (Phi) is 3.49. The van der Waals surface area contributed by atoms with E-state index in [0.717, 1.165) is 22.7 Å². The highest BCUT2D eigenvalue weighted by molar-refractivity contribution is 5.70. The van der Waals surface area contributed by atoms with Crippen molar-refractivity contribution < 1.29 is 4.74 Å². The first-order valence-corrected chi connectivity index (χ1v) is 5.65. The van der Waals surface area contributed by atoms with Crippen molar-refractivity contribution in [3.8, 4) is 11.8 Å². The zero-order valence-corrected chi connectivity index (χ0v) is 10.4. The highest BCUT2D eigenvalue weighted by Crippen LogP contribution is 2.28. The summed E-state index contributed by atoms with van der Waals surface area (Å²) in [6.07, 6.45) is 0. The van der Waals surface area contributed by atoms with Gasteiger partial charge in [-0.25, -0.2) is 0 Å². The number of anilines is 2. The summed E-state index contributed by atoms with van der Waals surface area (Å²) in [5.74, 6) is 0.752. The second kappa shape index (κ2) is 5.24. The average molecular weight is 238 g/mol. The molecule has 0 aliphatic rings. The summed E-state index contributed by atoms with van der Waals surface area (Å²) in [5.41, 5.74) is 3.32. The van der Waals surface area contributed by atoms with Crippen molar-refractivity contribution in [2.75, 3.05) is 12.4 Å². The molecule has 0 aliphatic carbocycles. The third-order valence-electron chi connectivity index (χ3n) is 2.67. The zero-order chi connectivity index (χ0) is 13.0.